The van der Waals surface area contributed by atoms with Crippen molar-refractivity contribution in [3.63, 3.8) is 0 Å². The molecule has 22 heavy (non-hydrogen) atoms. The second-order valence-corrected chi connectivity index (χ2v) is 6.59. The first-order valence-corrected chi connectivity index (χ1v) is 8.68. The van der Waals surface area contributed by atoms with Crippen LogP contribution in [0.25, 0.3) is 11.1 Å². The second kappa shape index (κ2) is 6.67. The lowest BCUT2D eigenvalue weighted by atomic mass is 9.91. The SMILES string of the molecule is O=S([O-])Cc1ccc(-c2cnccc2C2CCCC2)cc1F. The molecule has 1 aliphatic rings. The third-order valence-corrected chi connectivity index (χ3v) is 4.83. The molecule has 0 N–H and O–H groups in total. The van der Waals surface area contributed by atoms with E-state index in [4.69, 9.17) is 0 Å². The van der Waals surface area contributed by atoms with Crippen molar-refractivity contribution in [3.8, 4) is 11.1 Å². The van der Waals surface area contributed by atoms with Gasteiger partial charge >= 0.3 is 0 Å². The quantitative estimate of drug-likeness (QED) is 0.803. The Morgan fingerprint density at radius 3 is 2.73 bits per heavy atom. The van der Waals surface area contributed by atoms with Crippen molar-refractivity contribution in [1.82, 2.24) is 4.98 Å². The summed E-state index contributed by atoms with van der Waals surface area (Å²) in [4.78, 5) is 4.17. The van der Waals surface area contributed by atoms with Crippen LogP contribution in [0, 0.1) is 5.82 Å². The number of pyridine rings is 1. The fourth-order valence-corrected chi connectivity index (χ4v) is 3.69. The third kappa shape index (κ3) is 3.25. The van der Waals surface area contributed by atoms with Gasteiger partial charge in [0.25, 0.3) is 0 Å². The lowest BCUT2D eigenvalue weighted by Gasteiger charge is -2.15. The minimum absolute atomic E-state index is 0.198. The van der Waals surface area contributed by atoms with Gasteiger partial charge in [-0.25, -0.2) is 4.39 Å². The Kier molecular flexibility index (Phi) is 4.64. The molecule has 1 heterocycles. The molecule has 3 nitrogen and oxygen atoms in total. The van der Waals surface area contributed by atoms with E-state index in [9.17, 15) is 13.2 Å². The number of benzene rings is 1. The molecular weight excluding hydrogens is 301 g/mol. The summed E-state index contributed by atoms with van der Waals surface area (Å²) in [5.41, 5.74) is 3.12. The molecule has 5 heteroatoms. The highest BCUT2D eigenvalue weighted by molar-refractivity contribution is 7.78. The van der Waals surface area contributed by atoms with Gasteiger partial charge in [-0.1, -0.05) is 36.1 Å². The Bertz CT molecular complexity index is 699. The van der Waals surface area contributed by atoms with Gasteiger partial charge in [0.2, 0.25) is 0 Å². The molecule has 2 aromatic rings. The number of hydrogen-bond donors (Lipinski definition) is 0. The summed E-state index contributed by atoms with van der Waals surface area (Å²) in [7, 11) is 0. The molecule has 0 bridgehead atoms. The Labute approximate surface area is 131 Å². The van der Waals surface area contributed by atoms with E-state index in [1.165, 1.54) is 24.5 Å². The maximum Gasteiger partial charge on any atom is 0.127 e. The molecule has 3 rings (SSSR count). The fraction of sp³-hybridized carbons (Fsp3) is 0.353. The van der Waals surface area contributed by atoms with Gasteiger partial charge in [0, 0.05) is 23.7 Å². The largest absolute Gasteiger partial charge is 0.772 e. The molecule has 1 aromatic carbocycles. The summed E-state index contributed by atoms with van der Waals surface area (Å²) >= 11 is -2.29. The summed E-state index contributed by atoms with van der Waals surface area (Å²) in [5, 5.41) is 0. The van der Waals surface area contributed by atoms with Crippen LogP contribution in [0.3, 0.4) is 0 Å². The van der Waals surface area contributed by atoms with Crippen LogP contribution >= 0.6 is 0 Å². The first-order valence-electron chi connectivity index (χ1n) is 7.43. The van der Waals surface area contributed by atoms with E-state index < -0.39 is 16.9 Å². The molecule has 1 unspecified atom stereocenters. The lowest BCUT2D eigenvalue weighted by molar-refractivity contribution is 0.533. The van der Waals surface area contributed by atoms with E-state index >= 15 is 0 Å². The fourth-order valence-electron chi connectivity index (χ4n) is 3.20. The van der Waals surface area contributed by atoms with E-state index in [0.717, 1.165) is 24.0 Å². The van der Waals surface area contributed by atoms with Crippen molar-refractivity contribution in [2.45, 2.75) is 37.4 Å². The molecule has 116 valence electrons. The molecule has 1 aromatic heterocycles. The molecule has 1 fully saturated rings. The Morgan fingerprint density at radius 1 is 1.27 bits per heavy atom. The molecule has 1 atom stereocenters. The van der Waals surface area contributed by atoms with Crippen molar-refractivity contribution in [2.75, 3.05) is 0 Å². The van der Waals surface area contributed by atoms with E-state index in [2.05, 4.69) is 4.98 Å². The minimum Gasteiger partial charge on any atom is -0.772 e. The molecule has 0 spiro atoms. The Morgan fingerprint density at radius 2 is 2.05 bits per heavy atom. The molecule has 0 aliphatic heterocycles. The van der Waals surface area contributed by atoms with Crippen LogP contribution < -0.4 is 0 Å². The van der Waals surface area contributed by atoms with Gasteiger partial charge in [-0.3, -0.25) is 9.19 Å². The van der Waals surface area contributed by atoms with E-state index in [1.54, 1.807) is 24.5 Å². The van der Waals surface area contributed by atoms with Crippen LogP contribution in [0.1, 0.15) is 42.7 Å². The topological polar surface area (TPSA) is 53.0 Å². The Hall–Kier alpha value is -1.59. The van der Waals surface area contributed by atoms with Crippen molar-refractivity contribution in [3.05, 3.63) is 53.6 Å². The highest BCUT2D eigenvalue weighted by Gasteiger charge is 2.20. The summed E-state index contributed by atoms with van der Waals surface area (Å²) in [5.74, 6) is -0.271. The molecule has 1 saturated carbocycles. The molecule has 1 aliphatic carbocycles. The van der Waals surface area contributed by atoms with Crippen molar-refractivity contribution < 1.29 is 13.2 Å². The first-order chi connectivity index (χ1) is 10.6. The highest BCUT2D eigenvalue weighted by atomic mass is 32.2. The summed E-state index contributed by atoms with van der Waals surface area (Å²) in [6, 6.07) is 6.76. The minimum atomic E-state index is -2.29. The number of nitrogens with zero attached hydrogens (tertiary/aromatic N) is 1. The predicted molar refractivity (Wildman–Crippen MR) is 83.5 cm³/mol. The maximum atomic E-state index is 14.1. The van der Waals surface area contributed by atoms with Crippen LogP contribution in [0.5, 0.6) is 0 Å². The third-order valence-electron chi connectivity index (χ3n) is 4.29. The standard InChI is InChI=1S/C17H18FNO2S/c18-17-9-13(5-6-14(17)11-22(20)21)16-10-19-8-7-15(16)12-3-1-2-4-12/h5-10,12H,1-4,11H2,(H,20,21)/p-1. The second-order valence-electron chi connectivity index (χ2n) is 5.70. The van der Waals surface area contributed by atoms with Gasteiger partial charge < -0.3 is 4.55 Å². The number of hydrogen-bond acceptors (Lipinski definition) is 3. The summed E-state index contributed by atoms with van der Waals surface area (Å²) in [6.07, 6.45) is 8.33. The predicted octanol–water partition coefficient (Wildman–Crippen LogP) is 3.92. The molecular formula is C17H17FNO2S-. The van der Waals surface area contributed by atoms with Gasteiger partial charge in [0.15, 0.2) is 0 Å². The van der Waals surface area contributed by atoms with Crippen LogP contribution in [0.15, 0.2) is 36.7 Å². The molecule has 0 amide bonds. The van der Waals surface area contributed by atoms with Gasteiger partial charge in [-0.05, 0) is 47.6 Å². The highest BCUT2D eigenvalue weighted by Crippen LogP contribution is 2.39. The number of aromatic nitrogens is 1. The van der Waals surface area contributed by atoms with E-state index in [0.29, 0.717) is 5.92 Å². The summed E-state index contributed by atoms with van der Waals surface area (Å²) in [6.45, 7) is 0. The van der Waals surface area contributed by atoms with Crippen molar-refractivity contribution >= 4 is 11.1 Å². The van der Waals surface area contributed by atoms with Gasteiger partial charge in [0.05, 0.1) is 0 Å². The van der Waals surface area contributed by atoms with Crippen LogP contribution in [-0.2, 0) is 16.8 Å². The van der Waals surface area contributed by atoms with E-state index in [-0.39, 0.29) is 11.3 Å². The number of rotatable bonds is 4. The van der Waals surface area contributed by atoms with Crippen LogP contribution in [-0.4, -0.2) is 13.7 Å². The van der Waals surface area contributed by atoms with Crippen molar-refractivity contribution in [1.29, 1.82) is 0 Å². The van der Waals surface area contributed by atoms with Gasteiger partial charge in [-0.2, -0.15) is 0 Å². The summed E-state index contributed by atoms with van der Waals surface area (Å²) < 4.78 is 35.6. The van der Waals surface area contributed by atoms with Gasteiger partial charge in [-0.15, -0.1) is 0 Å². The Balaban J connectivity index is 1.97. The monoisotopic (exact) mass is 318 g/mol. The molecule has 0 saturated heterocycles. The maximum absolute atomic E-state index is 14.1. The average Bonchev–Trinajstić information content (AvgIpc) is 3.03. The normalized spacial score (nSPS) is 16.8. The van der Waals surface area contributed by atoms with Crippen LogP contribution in [0.4, 0.5) is 4.39 Å². The van der Waals surface area contributed by atoms with Gasteiger partial charge in [0.1, 0.15) is 5.82 Å². The zero-order chi connectivity index (χ0) is 15.5. The number of halogens is 1. The first kappa shape index (κ1) is 15.3. The lowest BCUT2D eigenvalue weighted by Crippen LogP contribution is -1.99. The smallest absolute Gasteiger partial charge is 0.127 e. The van der Waals surface area contributed by atoms with Crippen molar-refractivity contribution in [2.24, 2.45) is 0 Å². The average molecular weight is 318 g/mol. The van der Waals surface area contributed by atoms with Crippen LogP contribution in [0.2, 0.25) is 0 Å². The van der Waals surface area contributed by atoms with E-state index in [1.807, 2.05) is 6.07 Å². The zero-order valence-corrected chi connectivity index (χ0v) is 12.9. The zero-order valence-electron chi connectivity index (χ0n) is 12.1. The molecule has 0 radical (unpaired) electrons.